The molecule has 2 aromatic rings. The Morgan fingerprint density at radius 3 is 2.62 bits per heavy atom. The van der Waals surface area contributed by atoms with Gasteiger partial charge >= 0.3 is 0 Å². The predicted octanol–water partition coefficient (Wildman–Crippen LogP) is 4.00. The van der Waals surface area contributed by atoms with Crippen molar-refractivity contribution >= 4 is 11.6 Å². The molecule has 0 spiro atoms. The van der Waals surface area contributed by atoms with E-state index in [0.29, 0.717) is 0 Å². The summed E-state index contributed by atoms with van der Waals surface area (Å²) in [6, 6.07) is 7.93. The highest BCUT2D eigenvalue weighted by Crippen LogP contribution is 2.23. The fraction of sp³-hybridized carbons (Fsp3) is 0.524. The number of carbonyl (C=O) groups excluding carboxylic acids is 1. The Hall–Kier alpha value is -2.30. The Balaban J connectivity index is 1.74. The molecule has 140 valence electrons. The summed E-state index contributed by atoms with van der Waals surface area (Å²) in [5.41, 5.74) is 5.10. The van der Waals surface area contributed by atoms with E-state index in [4.69, 9.17) is 0 Å². The third-order valence-corrected chi connectivity index (χ3v) is 5.35. The zero-order chi connectivity index (χ0) is 18.7. The minimum Gasteiger partial charge on any atom is -0.372 e. The number of rotatable bonds is 5. The van der Waals surface area contributed by atoms with E-state index in [-0.39, 0.29) is 11.9 Å². The number of benzene rings is 1. The normalized spacial score (nSPS) is 15.8. The number of piperidine rings is 1. The number of carbonyl (C=O) groups is 1. The molecule has 0 unspecified atom stereocenters. The Morgan fingerprint density at radius 2 is 1.96 bits per heavy atom. The Kier molecular flexibility index (Phi) is 5.64. The number of hydrogen-bond acceptors (Lipinski definition) is 3. The first-order valence-electron chi connectivity index (χ1n) is 9.71. The molecule has 1 fully saturated rings. The van der Waals surface area contributed by atoms with Crippen molar-refractivity contribution in [2.45, 2.75) is 59.5 Å². The lowest BCUT2D eigenvalue weighted by Crippen LogP contribution is -2.30. The number of aryl methyl sites for hydroxylation is 2. The van der Waals surface area contributed by atoms with Gasteiger partial charge in [-0.05, 0) is 65.2 Å². The van der Waals surface area contributed by atoms with E-state index >= 15 is 0 Å². The second-order valence-corrected chi connectivity index (χ2v) is 7.19. The van der Waals surface area contributed by atoms with Crippen LogP contribution in [0.1, 0.15) is 66.5 Å². The number of nitrogens with one attached hydrogen (secondary N) is 1. The monoisotopic (exact) mass is 354 g/mol. The number of aromatic nitrogens is 2. The van der Waals surface area contributed by atoms with Crippen LogP contribution in [0.15, 0.2) is 24.3 Å². The lowest BCUT2D eigenvalue weighted by atomic mass is 10.1. The summed E-state index contributed by atoms with van der Waals surface area (Å²) < 4.78 is 1.99. The van der Waals surface area contributed by atoms with Crippen molar-refractivity contribution in [3.8, 4) is 0 Å². The van der Waals surface area contributed by atoms with Crippen molar-refractivity contribution in [2.75, 3.05) is 18.0 Å². The van der Waals surface area contributed by atoms with Gasteiger partial charge in [-0.15, -0.1) is 0 Å². The Labute approximate surface area is 156 Å². The standard InChI is InChI=1S/C21H30N4O/c1-5-25-17(4)20(16(3)23-25)15(2)22-21(26)18-10-9-11-19(14-18)24-12-7-6-8-13-24/h9-11,14-15H,5-8,12-13H2,1-4H3,(H,22,26)/t15-/m0/s1. The van der Waals surface area contributed by atoms with Crippen LogP contribution in [0.4, 0.5) is 5.69 Å². The highest BCUT2D eigenvalue weighted by atomic mass is 16.1. The van der Waals surface area contributed by atoms with Gasteiger partial charge in [-0.3, -0.25) is 9.48 Å². The fourth-order valence-corrected chi connectivity index (χ4v) is 3.99. The van der Waals surface area contributed by atoms with Crippen LogP contribution < -0.4 is 10.2 Å². The highest BCUT2D eigenvalue weighted by Gasteiger charge is 2.20. The molecule has 2 heterocycles. The molecule has 5 heteroatoms. The summed E-state index contributed by atoms with van der Waals surface area (Å²) in [4.78, 5) is 15.2. The van der Waals surface area contributed by atoms with Crippen LogP contribution in [-0.4, -0.2) is 28.8 Å². The summed E-state index contributed by atoms with van der Waals surface area (Å²) in [6.07, 6.45) is 3.76. The van der Waals surface area contributed by atoms with Gasteiger partial charge in [0.05, 0.1) is 11.7 Å². The summed E-state index contributed by atoms with van der Waals surface area (Å²) in [6.45, 7) is 11.2. The number of hydrogen-bond donors (Lipinski definition) is 1. The van der Waals surface area contributed by atoms with E-state index in [9.17, 15) is 4.79 Å². The predicted molar refractivity (Wildman–Crippen MR) is 106 cm³/mol. The molecule has 3 rings (SSSR count). The fourth-order valence-electron chi connectivity index (χ4n) is 3.99. The molecule has 1 aliphatic heterocycles. The van der Waals surface area contributed by atoms with Crippen LogP contribution in [-0.2, 0) is 6.54 Å². The molecule has 1 atom stereocenters. The first-order chi connectivity index (χ1) is 12.5. The van der Waals surface area contributed by atoms with Gasteiger partial charge in [-0.1, -0.05) is 6.07 Å². The maximum Gasteiger partial charge on any atom is 0.251 e. The molecule has 1 N–H and O–H groups in total. The summed E-state index contributed by atoms with van der Waals surface area (Å²) in [7, 11) is 0. The van der Waals surface area contributed by atoms with Gasteiger partial charge in [-0.25, -0.2) is 0 Å². The van der Waals surface area contributed by atoms with Crippen LogP contribution in [0.25, 0.3) is 0 Å². The molecule has 0 saturated carbocycles. The molecule has 1 saturated heterocycles. The third kappa shape index (κ3) is 3.76. The molecule has 5 nitrogen and oxygen atoms in total. The van der Waals surface area contributed by atoms with Gasteiger partial charge in [0, 0.05) is 42.1 Å². The van der Waals surface area contributed by atoms with Crippen molar-refractivity contribution in [3.63, 3.8) is 0 Å². The summed E-state index contributed by atoms with van der Waals surface area (Å²) in [5, 5.41) is 7.71. The quantitative estimate of drug-likeness (QED) is 0.883. The minimum absolute atomic E-state index is 0.0283. The topological polar surface area (TPSA) is 50.2 Å². The second-order valence-electron chi connectivity index (χ2n) is 7.19. The maximum atomic E-state index is 12.8. The molecule has 0 radical (unpaired) electrons. The van der Waals surface area contributed by atoms with Crippen molar-refractivity contribution in [3.05, 3.63) is 46.8 Å². The SMILES string of the molecule is CCn1nc(C)c([C@H](C)NC(=O)c2cccc(N3CCCCC3)c2)c1C. The average molecular weight is 354 g/mol. The largest absolute Gasteiger partial charge is 0.372 e. The molecule has 1 aromatic carbocycles. The van der Waals surface area contributed by atoms with E-state index in [1.165, 1.54) is 19.3 Å². The third-order valence-electron chi connectivity index (χ3n) is 5.35. The van der Waals surface area contributed by atoms with E-state index in [2.05, 4.69) is 35.2 Å². The Bertz CT molecular complexity index is 774. The molecule has 26 heavy (non-hydrogen) atoms. The lowest BCUT2D eigenvalue weighted by molar-refractivity contribution is 0.0940. The average Bonchev–Trinajstić information content (AvgIpc) is 2.96. The molecule has 0 bridgehead atoms. The molecular formula is C21H30N4O. The van der Waals surface area contributed by atoms with Gasteiger partial charge in [0.1, 0.15) is 0 Å². The van der Waals surface area contributed by atoms with Crippen molar-refractivity contribution in [2.24, 2.45) is 0 Å². The first-order valence-corrected chi connectivity index (χ1v) is 9.71. The van der Waals surface area contributed by atoms with E-state index in [1.54, 1.807) is 0 Å². The smallest absolute Gasteiger partial charge is 0.251 e. The summed E-state index contributed by atoms with van der Waals surface area (Å²) >= 11 is 0. The zero-order valence-corrected chi connectivity index (χ0v) is 16.4. The molecule has 1 aromatic heterocycles. The van der Waals surface area contributed by atoms with Crippen LogP contribution in [0, 0.1) is 13.8 Å². The van der Waals surface area contributed by atoms with Crippen LogP contribution in [0.5, 0.6) is 0 Å². The van der Waals surface area contributed by atoms with Gasteiger partial charge < -0.3 is 10.2 Å². The maximum absolute atomic E-state index is 12.8. The van der Waals surface area contributed by atoms with Crippen molar-refractivity contribution in [1.82, 2.24) is 15.1 Å². The van der Waals surface area contributed by atoms with Crippen LogP contribution >= 0.6 is 0 Å². The minimum atomic E-state index is -0.0681. The number of anilines is 1. The van der Waals surface area contributed by atoms with Crippen molar-refractivity contribution < 1.29 is 4.79 Å². The molecule has 1 aliphatic rings. The highest BCUT2D eigenvalue weighted by molar-refractivity contribution is 5.95. The number of nitrogens with zero attached hydrogens (tertiary/aromatic N) is 3. The molecule has 1 amide bonds. The molecular weight excluding hydrogens is 324 g/mol. The lowest BCUT2D eigenvalue weighted by Gasteiger charge is -2.29. The second kappa shape index (κ2) is 7.94. The van der Waals surface area contributed by atoms with E-state index in [0.717, 1.165) is 47.8 Å². The zero-order valence-electron chi connectivity index (χ0n) is 16.4. The molecule has 0 aliphatic carbocycles. The summed E-state index contributed by atoms with van der Waals surface area (Å²) in [5.74, 6) is -0.0283. The van der Waals surface area contributed by atoms with Gasteiger partial charge in [0.15, 0.2) is 0 Å². The van der Waals surface area contributed by atoms with Crippen LogP contribution in [0.3, 0.4) is 0 Å². The van der Waals surface area contributed by atoms with Crippen LogP contribution in [0.2, 0.25) is 0 Å². The van der Waals surface area contributed by atoms with Gasteiger partial charge in [0.25, 0.3) is 5.91 Å². The first kappa shape index (κ1) is 18.5. The van der Waals surface area contributed by atoms with E-state index < -0.39 is 0 Å². The van der Waals surface area contributed by atoms with Gasteiger partial charge in [0.2, 0.25) is 0 Å². The number of amides is 1. The van der Waals surface area contributed by atoms with Crippen molar-refractivity contribution in [1.29, 1.82) is 0 Å². The van der Waals surface area contributed by atoms with Gasteiger partial charge in [-0.2, -0.15) is 5.10 Å². The van der Waals surface area contributed by atoms with E-state index in [1.807, 2.05) is 36.7 Å². The Morgan fingerprint density at radius 1 is 1.23 bits per heavy atom.